The van der Waals surface area contributed by atoms with Crippen LogP contribution in [-0.4, -0.2) is 26.2 Å². The summed E-state index contributed by atoms with van der Waals surface area (Å²) in [6.07, 6.45) is 0. The SMILES string of the molecule is COCCOc1ccc(C(=O)NCc2cccs2)cc1Br. The molecule has 0 radical (unpaired) electrons. The normalized spacial score (nSPS) is 10.4. The third kappa shape index (κ3) is 4.84. The summed E-state index contributed by atoms with van der Waals surface area (Å²) in [7, 11) is 1.62. The van der Waals surface area contributed by atoms with E-state index in [0.29, 0.717) is 31.1 Å². The number of rotatable bonds is 7. The molecular formula is C15H16BrNO3S. The van der Waals surface area contributed by atoms with Gasteiger partial charge in [0, 0.05) is 17.6 Å². The van der Waals surface area contributed by atoms with Gasteiger partial charge in [-0.3, -0.25) is 4.79 Å². The van der Waals surface area contributed by atoms with Crippen molar-refractivity contribution < 1.29 is 14.3 Å². The highest BCUT2D eigenvalue weighted by Gasteiger charge is 2.09. The average molecular weight is 370 g/mol. The van der Waals surface area contributed by atoms with Gasteiger partial charge in [0.1, 0.15) is 12.4 Å². The second-order valence-corrected chi connectivity index (χ2v) is 6.14. The summed E-state index contributed by atoms with van der Waals surface area (Å²) in [5.41, 5.74) is 0.595. The molecule has 0 fully saturated rings. The highest BCUT2D eigenvalue weighted by molar-refractivity contribution is 9.10. The standard InChI is InChI=1S/C15H16BrNO3S/c1-19-6-7-20-14-5-4-11(9-13(14)16)15(18)17-10-12-3-2-8-21-12/h2-5,8-9H,6-7,10H2,1H3,(H,17,18). The highest BCUT2D eigenvalue weighted by atomic mass is 79.9. The molecule has 0 aliphatic rings. The fourth-order valence-electron chi connectivity index (χ4n) is 1.68. The highest BCUT2D eigenvalue weighted by Crippen LogP contribution is 2.26. The lowest BCUT2D eigenvalue weighted by Gasteiger charge is -2.09. The molecule has 21 heavy (non-hydrogen) atoms. The summed E-state index contributed by atoms with van der Waals surface area (Å²) in [4.78, 5) is 13.2. The second kappa shape index (κ2) is 8.17. The monoisotopic (exact) mass is 369 g/mol. The van der Waals surface area contributed by atoms with E-state index < -0.39 is 0 Å². The minimum absolute atomic E-state index is 0.104. The van der Waals surface area contributed by atoms with Crippen LogP contribution in [0.2, 0.25) is 0 Å². The van der Waals surface area contributed by atoms with Crippen LogP contribution < -0.4 is 10.1 Å². The number of nitrogens with one attached hydrogen (secondary N) is 1. The molecule has 0 unspecified atom stereocenters. The summed E-state index contributed by atoms with van der Waals surface area (Å²) in [5, 5.41) is 4.88. The number of carbonyl (C=O) groups is 1. The number of carbonyl (C=O) groups excluding carboxylic acids is 1. The summed E-state index contributed by atoms with van der Waals surface area (Å²) in [6.45, 7) is 1.54. The van der Waals surface area contributed by atoms with E-state index in [-0.39, 0.29) is 5.91 Å². The molecule has 1 aromatic heterocycles. The molecule has 0 bridgehead atoms. The van der Waals surface area contributed by atoms with E-state index in [1.807, 2.05) is 17.5 Å². The molecule has 1 aromatic carbocycles. The maximum atomic E-state index is 12.1. The summed E-state index contributed by atoms with van der Waals surface area (Å²) in [5.74, 6) is 0.592. The average Bonchev–Trinajstić information content (AvgIpc) is 3.00. The van der Waals surface area contributed by atoms with Gasteiger partial charge in [-0.25, -0.2) is 0 Å². The van der Waals surface area contributed by atoms with Gasteiger partial charge in [-0.1, -0.05) is 6.07 Å². The van der Waals surface area contributed by atoms with Gasteiger partial charge in [-0.15, -0.1) is 11.3 Å². The van der Waals surface area contributed by atoms with Crippen LogP contribution >= 0.6 is 27.3 Å². The van der Waals surface area contributed by atoms with Crippen LogP contribution in [0, 0.1) is 0 Å². The van der Waals surface area contributed by atoms with E-state index in [9.17, 15) is 4.79 Å². The summed E-state index contributed by atoms with van der Waals surface area (Å²) >= 11 is 5.03. The van der Waals surface area contributed by atoms with Crippen LogP contribution in [0.1, 0.15) is 15.2 Å². The van der Waals surface area contributed by atoms with Crippen LogP contribution in [0.5, 0.6) is 5.75 Å². The number of ether oxygens (including phenoxy) is 2. The number of halogens is 1. The van der Waals surface area contributed by atoms with E-state index in [2.05, 4.69) is 21.2 Å². The van der Waals surface area contributed by atoms with Gasteiger partial charge in [-0.2, -0.15) is 0 Å². The number of methoxy groups -OCH3 is 1. The number of benzene rings is 1. The Balaban J connectivity index is 1.93. The Hall–Kier alpha value is -1.37. The van der Waals surface area contributed by atoms with E-state index in [1.54, 1.807) is 36.6 Å². The Bertz CT molecular complexity index is 587. The molecular weight excluding hydrogens is 354 g/mol. The molecule has 1 amide bonds. The maximum absolute atomic E-state index is 12.1. The van der Waals surface area contributed by atoms with Crippen LogP contribution in [0.25, 0.3) is 0 Å². The lowest BCUT2D eigenvalue weighted by molar-refractivity contribution is 0.0951. The van der Waals surface area contributed by atoms with Crippen LogP contribution in [-0.2, 0) is 11.3 Å². The Morgan fingerprint density at radius 2 is 2.19 bits per heavy atom. The van der Waals surface area contributed by atoms with E-state index in [1.165, 1.54) is 0 Å². The number of amides is 1. The van der Waals surface area contributed by atoms with Crippen LogP contribution in [0.3, 0.4) is 0 Å². The molecule has 0 atom stereocenters. The van der Waals surface area contributed by atoms with E-state index in [0.717, 1.165) is 9.35 Å². The Morgan fingerprint density at radius 3 is 2.86 bits per heavy atom. The Labute approximate surface area is 136 Å². The third-order valence-corrected chi connectivity index (χ3v) is 4.24. The van der Waals surface area contributed by atoms with Gasteiger partial charge in [0.15, 0.2) is 0 Å². The lowest BCUT2D eigenvalue weighted by Crippen LogP contribution is -2.22. The van der Waals surface area contributed by atoms with Gasteiger partial charge in [0.25, 0.3) is 5.91 Å². The van der Waals surface area contributed by atoms with Crippen molar-refractivity contribution in [2.45, 2.75) is 6.54 Å². The first-order valence-corrected chi connectivity index (χ1v) is 8.10. The van der Waals surface area contributed by atoms with Crippen molar-refractivity contribution >= 4 is 33.2 Å². The number of thiophene rings is 1. The smallest absolute Gasteiger partial charge is 0.251 e. The molecule has 0 saturated heterocycles. The van der Waals surface area contributed by atoms with Gasteiger partial charge < -0.3 is 14.8 Å². The zero-order valence-electron chi connectivity index (χ0n) is 11.6. The molecule has 0 spiro atoms. The quantitative estimate of drug-likeness (QED) is 0.760. The van der Waals surface area contributed by atoms with Gasteiger partial charge in [0.05, 0.1) is 17.6 Å². The summed E-state index contributed by atoms with van der Waals surface area (Å²) in [6, 6.07) is 9.24. The van der Waals surface area contributed by atoms with Gasteiger partial charge in [-0.05, 0) is 45.6 Å². The lowest BCUT2D eigenvalue weighted by atomic mass is 10.2. The van der Waals surface area contributed by atoms with Crippen molar-refractivity contribution in [1.82, 2.24) is 5.32 Å². The summed E-state index contributed by atoms with van der Waals surface area (Å²) < 4.78 is 11.2. The molecule has 2 aromatic rings. The predicted molar refractivity (Wildman–Crippen MR) is 87.0 cm³/mol. The Morgan fingerprint density at radius 1 is 1.33 bits per heavy atom. The zero-order chi connectivity index (χ0) is 15.1. The first-order chi connectivity index (χ1) is 10.2. The predicted octanol–water partition coefficient (Wildman–Crippen LogP) is 3.47. The molecule has 4 nitrogen and oxygen atoms in total. The number of hydrogen-bond acceptors (Lipinski definition) is 4. The fourth-order valence-corrected chi connectivity index (χ4v) is 2.81. The Kier molecular flexibility index (Phi) is 6.22. The molecule has 0 saturated carbocycles. The molecule has 1 N–H and O–H groups in total. The van der Waals surface area contributed by atoms with E-state index in [4.69, 9.17) is 9.47 Å². The first-order valence-electron chi connectivity index (χ1n) is 6.42. The van der Waals surface area contributed by atoms with E-state index >= 15 is 0 Å². The molecule has 2 rings (SSSR count). The van der Waals surface area contributed by atoms with Crippen molar-refractivity contribution in [3.8, 4) is 5.75 Å². The molecule has 1 heterocycles. The van der Waals surface area contributed by atoms with Gasteiger partial charge in [0.2, 0.25) is 0 Å². The molecule has 6 heteroatoms. The maximum Gasteiger partial charge on any atom is 0.251 e. The van der Waals surface area contributed by atoms with Crippen molar-refractivity contribution in [3.05, 3.63) is 50.6 Å². The second-order valence-electron chi connectivity index (χ2n) is 4.25. The molecule has 112 valence electrons. The minimum Gasteiger partial charge on any atom is -0.490 e. The molecule has 0 aliphatic carbocycles. The zero-order valence-corrected chi connectivity index (χ0v) is 14.0. The van der Waals surface area contributed by atoms with Crippen molar-refractivity contribution in [2.75, 3.05) is 20.3 Å². The largest absolute Gasteiger partial charge is 0.490 e. The first kappa shape index (κ1) is 16.0. The topological polar surface area (TPSA) is 47.6 Å². The fraction of sp³-hybridized carbons (Fsp3) is 0.267. The third-order valence-electron chi connectivity index (χ3n) is 2.74. The van der Waals surface area contributed by atoms with Crippen molar-refractivity contribution in [3.63, 3.8) is 0 Å². The van der Waals surface area contributed by atoms with Crippen LogP contribution in [0.4, 0.5) is 0 Å². The molecule has 0 aliphatic heterocycles. The van der Waals surface area contributed by atoms with Crippen molar-refractivity contribution in [1.29, 1.82) is 0 Å². The van der Waals surface area contributed by atoms with Crippen LogP contribution in [0.15, 0.2) is 40.2 Å². The van der Waals surface area contributed by atoms with Gasteiger partial charge >= 0.3 is 0 Å². The number of hydrogen-bond donors (Lipinski definition) is 1. The minimum atomic E-state index is -0.104. The van der Waals surface area contributed by atoms with Crippen molar-refractivity contribution in [2.24, 2.45) is 0 Å².